The van der Waals surface area contributed by atoms with Gasteiger partial charge in [0.25, 0.3) is 11.8 Å². The first kappa shape index (κ1) is 26.0. The van der Waals surface area contributed by atoms with Crippen LogP contribution in [0.15, 0.2) is 24.3 Å². The molecule has 1 aliphatic heterocycles. The number of thiazole rings is 1. The van der Waals surface area contributed by atoms with Crippen LogP contribution in [0.25, 0.3) is 10.9 Å². The first-order chi connectivity index (χ1) is 18.1. The highest BCUT2D eigenvalue weighted by atomic mass is 35.5. The third-order valence-corrected chi connectivity index (χ3v) is 8.34. The fourth-order valence-corrected chi connectivity index (χ4v) is 6.24. The smallest absolute Gasteiger partial charge is 0.407 e. The van der Waals surface area contributed by atoms with Crippen molar-refractivity contribution in [1.82, 2.24) is 30.4 Å². The van der Waals surface area contributed by atoms with Gasteiger partial charge >= 0.3 is 6.09 Å². The maximum absolute atomic E-state index is 13.2. The van der Waals surface area contributed by atoms with Gasteiger partial charge in [0.15, 0.2) is 5.01 Å². The van der Waals surface area contributed by atoms with Crippen LogP contribution < -0.4 is 10.6 Å². The average molecular weight is 559 g/mol. The van der Waals surface area contributed by atoms with Gasteiger partial charge in [-0.25, -0.2) is 9.78 Å². The third-order valence-electron chi connectivity index (χ3n) is 7.02. The number of hydrogen-bond acceptors (Lipinski definition) is 6. The molecule has 200 valence electrons. The van der Waals surface area contributed by atoms with E-state index in [0.717, 1.165) is 27.1 Å². The molecule has 38 heavy (non-hydrogen) atoms. The van der Waals surface area contributed by atoms with E-state index in [1.807, 2.05) is 0 Å². The van der Waals surface area contributed by atoms with Gasteiger partial charge in [0.1, 0.15) is 5.69 Å². The summed E-state index contributed by atoms with van der Waals surface area (Å²) in [6.07, 6.45) is 0.424. The summed E-state index contributed by atoms with van der Waals surface area (Å²) in [6, 6.07) is 6.14. The van der Waals surface area contributed by atoms with Gasteiger partial charge in [-0.15, -0.1) is 11.3 Å². The molecule has 3 atom stereocenters. The fraction of sp³-hybridized carbons (Fsp3) is 0.400. The topological polar surface area (TPSA) is 148 Å². The number of carboxylic acid groups (broad SMARTS) is 1. The summed E-state index contributed by atoms with van der Waals surface area (Å²) in [7, 11) is 3.40. The molecule has 0 spiro atoms. The van der Waals surface area contributed by atoms with Crippen molar-refractivity contribution in [3.63, 3.8) is 0 Å². The second-order valence-electron chi connectivity index (χ2n) is 9.84. The van der Waals surface area contributed by atoms with E-state index in [0.29, 0.717) is 35.7 Å². The molecule has 13 heteroatoms. The Bertz CT molecular complexity index is 1410. The van der Waals surface area contributed by atoms with Crippen LogP contribution in [-0.4, -0.2) is 74.9 Å². The number of amides is 4. The molecule has 11 nitrogen and oxygen atoms in total. The zero-order valence-electron chi connectivity index (χ0n) is 20.8. The number of fused-ring (bicyclic) bond motifs is 2. The molecule has 4 N–H and O–H groups in total. The van der Waals surface area contributed by atoms with E-state index in [2.05, 4.69) is 20.6 Å². The van der Waals surface area contributed by atoms with E-state index in [1.54, 1.807) is 38.4 Å². The van der Waals surface area contributed by atoms with E-state index in [-0.39, 0.29) is 35.8 Å². The molecule has 1 fully saturated rings. The number of benzene rings is 1. The van der Waals surface area contributed by atoms with E-state index >= 15 is 0 Å². The quantitative estimate of drug-likeness (QED) is 0.378. The monoisotopic (exact) mass is 558 g/mol. The van der Waals surface area contributed by atoms with E-state index < -0.39 is 24.1 Å². The van der Waals surface area contributed by atoms with Crippen molar-refractivity contribution in [2.75, 3.05) is 14.1 Å². The molecule has 0 radical (unpaired) electrons. The second-order valence-corrected chi connectivity index (χ2v) is 11.4. The molecule has 0 saturated heterocycles. The molecule has 1 saturated carbocycles. The molecule has 0 unspecified atom stereocenters. The summed E-state index contributed by atoms with van der Waals surface area (Å²) < 4.78 is 0. The van der Waals surface area contributed by atoms with Crippen LogP contribution in [0.3, 0.4) is 0 Å². The van der Waals surface area contributed by atoms with Crippen molar-refractivity contribution in [3.8, 4) is 0 Å². The number of H-pyrrole nitrogens is 1. The normalized spacial score (nSPS) is 20.7. The number of nitrogens with one attached hydrogen (secondary N) is 3. The molecule has 3 aromatic rings. The van der Waals surface area contributed by atoms with Gasteiger partial charge in [0.2, 0.25) is 5.91 Å². The molecule has 2 aromatic heterocycles. The average Bonchev–Trinajstić information content (AvgIpc) is 3.57. The Kier molecular flexibility index (Phi) is 7.01. The minimum atomic E-state index is -1.03. The van der Waals surface area contributed by atoms with Crippen LogP contribution in [0.1, 0.15) is 50.1 Å². The number of carbonyl (C=O) groups excluding carboxylic acids is 3. The summed E-state index contributed by atoms with van der Waals surface area (Å²) in [5, 5.41) is 16.8. The van der Waals surface area contributed by atoms with Gasteiger partial charge in [0, 0.05) is 46.9 Å². The van der Waals surface area contributed by atoms with Gasteiger partial charge in [-0.2, -0.15) is 0 Å². The van der Waals surface area contributed by atoms with Gasteiger partial charge < -0.3 is 25.6 Å². The highest BCUT2D eigenvalue weighted by Crippen LogP contribution is 2.30. The summed E-state index contributed by atoms with van der Waals surface area (Å²) in [6.45, 7) is 0.346. The molecule has 1 aromatic carbocycles. The standard InChI is InChI=1S/C25H27ClN6O5S/c1-31(2)24(35)12-3-5-16(28-21(33)18-9-13-7-14(26)4-6-15(13)27-18)17(8-12)29-22(34)23-30-19-10-32(25(36)37)11-20(19)38-23/h4,6-7,9,12,16-17,27H,3,5,8,10-11H2,1-2H3,(H,28,33)(H,29,34)(H,36,37)/t12-,16-,17+/m0/s1. The zero-order chi connectivity index (χ0) is 27.1. The van der Waals surface area contributed by atoms with E-state index in [1.165, 1.54) is 9.80 Å². The Balaban J connectivity index is 1.32. The predicted octanol–water partition coefficient (Wildman–Crippen LogP) is 3.06. The van der Waals surface area contributed by atoms with Crippen molar-refractivity contribution < 1.29 is 24.3 Å². The van der Waals surface area contributed by atoms with Gasteiger partial charge in [-0.1, -0.05) is 11.6 Å². The highest BCUT2D eigenvalue weighted by Gasteiger charge is 2.37. The van der Waals surface area contributed by atoms with Crippen molar-refractivity contribution in [2.45, 2.75) is 44.4 Å². The zero-order valence-corrected chi connectivity index (χ0v) is 22.4. The number of aromatic amines is 1. The van der Waals surface area contributed by atoms with Crippen molar-refractivity contribution in [3.05, 3.63) is 50.6 Å². The van der Waals surface area contributed by atoms with Gasteiger partial charge in [-0.3, -0.25) is 19.3 Å². The number of hydrogen-bond donors (Lipinski definition) is 4. The molecule has 0 bridgehead atoms. The molecule has 1 aliphatic carbocycles. The number of aromatic nitrogens is 2. The maximum atomic E-state index is 13.2. The summed E-state index contributed by atoms with van der Waals surface area (Å²) in [4.78, 5) is 61.2. The SMILES string of the molecule is CN(C)C(=O)[C@H]1CC[C@H](NC(=O)c2cc3cc(Cl)ccc3[nH]2)[C@H](NC(=O)c2nc3c(s2)CN(C(=O)O)C3)C1. The Morgan fingerprint density at radius 1 is 1.11 bits per heavy atom. The molecular formula is C25H27ClN6O5S. The van der Waals surface area contributed by atoms with Crippen LogP contribution >= 0.6 is 22.9 Å². The lowest BCUT2D eigenvalue weighted by Gasteiger charge is -2.37. The van der Waals surface area contributed by atoms with Gasteiger partial charge in [0.05, 0.1) is 24.8 Å². The highest BCUT2D eigenvalue weighted by molar-refractivity contribution is 7.13. The lowest BCUT2D eigenvalue weighted by Crippen LogP contribution is -2.56. The Morgan fingerprint density at radius 2 is 1.87 bits per heavy atom. The Labute approximate surface area is 227 Å². The lowest BCUT2D eigenvalue weighted by molar-refractivity contribution is -0.134. The predicted molar refractivity (Wildman–Crippen MR) is 141 cm³/mol. The summed E-state index contributed by atoms with van der Waals surface area (Å²) in [5.74, 6) is -1.04. The van der Waals surface area contributed by atoms with Crippen molar-refractivity contribution >= 4 is 57.7 Å². The number of halogens is 1. The van der Waals surface area contributed by atoms with Crippen LogP contribution in [0.4, 0.5) is 4.79 Å². The van der Waals surface area contributed by atoms with Crippen molar-refractivity contribution in [1.29, 1.82) is 0 Å². The van der Waals surface area contributed by atoms with E-state index in [4.69, 9.17) is 11.6 Å². The summed E-state index contributed by atoms with van der Waals surface area (Å²) in [5.41, 5.74) is 1.73. The van der Waals surface area contributed by atoms with Crippen LogP contribution in [0, 0.1) is 5.92 Å². The largest absolute Gasteiger partial charge is 0.465 e. The molecule has 3 heterocycles. The molecule has 5 rings (SSSR count). The third kappa shape index (κ3) is 5.18. The molecule has 2 aliphatic rings. The Hall–Kier alpha value is -3.64. The second kappa shape index (κ2) is 10.3. The van der Waals surface area contributed by atoms with Gasteiger partial charge in [-0.05, 0) is 43.5 Å². The van der Waals surface area contributed by atoms with Crippen LogP contribution in [-0.2, 0) is 17.9 Å². The van der Waals surface area contributed by atoms with Crippen molar-refractivity contribution in [2.24, 2.45) is 5.92 Å². The Morgan fingerprint density at radius 3 is 2.58 bits per heavy atom. The number of nitrogens with zero attached hydrogens (tertiary/aromatic N) is 3. The fourth-order valence-electron chi connectivity index (χ4n) is 5.07. The minimum Gasteiger partial charge on any atom is -0.465 e. The maximum Gasteiger partial charge on any atom is 0.407 e. The number of carbonyl (C=O) groups is 4. The first-order valence-electron chi connectivity index (χ1n) is 12.2. The minimum absolute atomic E-state index is 0.0245. The van der Waals surface area contributed by atoms with Crippen LogP contribution in [0.5, 0.6) is 0 Å². The first-order valence-corrected chi connectivity index (χ1v) is 13.4. The number of rotatable bonds is 5. The van der Waals surface area contributed by atoms with Crippen LogP contribution in [0.2, 0.25) is 5.02 Å². The summed E-state index contributed by atoms with van der Waals surface area (Å²) >= 11 is 7.23. The molecular weight excluding hydrogens is 532 g/mol. The van der Waals surface area contributed by atoms with E-state index in [9.17, 15) is 24.3 Å². The lowest BCUT2D eigenvalue weighted by atomic mass is 9.81. The molecule has 4 amide bonds.